The topological polar surface area (TPSA) is 62.7 Å². The van der Waals surface area contributed by atoms with E-state index in [-0.39, 0.29) is 5.78 Å². The van der Waals surface area contributed by atoms with Gasteiger partial charge in [-0.1, -0.05) is 71.7 Å². The van der Waals surface area contributed by atoms with Crippen molar-refractivity contribution in [3.63, 3.8) is 0 Å². The normalized spacial score (nSPS) is 10.0. The molecule has 2 rings (SSSR count). The SMILES string of the molecule is CC.CCC(=O)Cc1ccc(NC(=NC)Nc2ccccc2)c(OC)c1.CCCC. The summed E-state index contributed by atoms with van der Waals surface area (Å²) in [6.45, 7) is 10.2. The van der Waals surface area contributed by atoms with Gasteiger partial charge in [0.1, 0.15) is 11.5 Å². The van der Waals surface area contributed by atoms with Crippen molar-refractivity contribution < 1.29 is 9.53 Å². The molecule has 0 heterocycles. The molecule has 0 bridgehead atoms. The van der Waals surface area contributed by atoms with E-state index in [0.717, 1.165) is 16.9 Å². The van der Waals surface area contributed by atoms with Crippen molar-refractivity contribution in [3.8, 4) is 5.75 Å². The van der Waals surface area contributed by atoms with Crippen LogP contribution in [0.25, 0.3) is 0 Å². The van der Waals surface area contributed by atoms with Gasteiger partial charge < -0.3 is 15.4 Å². The molecule has 2 aromatic rings. The maximum Gasteiger partial charge on any atom is 0.200 e. The third-order valence-electron chi connectivity index (χ3n) is 4.07. The van der Waals surface area contributed by atoms with Gasteiger partial charge in [0.15, 0.2) is 5.96 Å². The third kappa shape index (κ3) is 10.6. The van der Waals surface area contributed by atoms with Crippen LogP contribution in [0.15, 0.2) is 53.5 Å². The average molecular weight is 414 g/mol. The van der Waals surface area contributed by atoms with Crippen LogP contribution in [-0.2, 0) is 11.2 Å². The van der Waals surface area contributed by atoms with E-state index in [4.69, 9.17) is 4.74 Å². The first-order valence-corrected chi connectivity index (χ1v) is 10.8. The zero-order valence-corrected chi connectivity index (χ0v) is 19.7. The van der Waals surface area contributed by atoms with Gasteiger partial charge in [0.2, 0.25) is 0 Å². The average Bonchev–Trinajstić information content (AvgIpc) is 2.81. The second-order valence-electron chi connectivity index (χ2n) is 6.29. The van der Waals surface area contributed by atoms with Crippen LogP contribution in [0.1, 0.15) is 59.4 Å². The van der Waals surface area contributed by atoms with Gasteiger partial charge in [0.05, 0.1) is 12.8 Å². The summed E-state index contributed by atoms with van der Waals surface area (Å²) in [6.07, 6.45) is 3.60. The fourth-order valence-electron chi connectivity index (χ4n) is 2.23. The van der Waals surface area contributed by atoms with Crippen molar-refractivity contribution in [2.75, 3.05) is 24.8 Å². The van der Waals surface area contributed by atoms with Crippen LogP contribution in [0, 0.1) is 0 Å². The van der Waals surface area contributed by atoms with E-state index in [9.17, 15) is 4.79 Å². The Hall–Kier alpha value is -2.82. The van der Waals surface area contributed by atoms with Crippen molar-refractivity contribution in [2.24, 2.45) is 4.99 Å². The number of rotatable bonds is 7. The molecule has 0 aliphatic carbocycles. The first kappa shape index (κ1) is 27.2. The number of carbonyl (C=O) groups is 1. The summed E-state index contributed by atoms with van der Waals surface area (Å²) in [5.74, 6) is 1.49. The van der Waals surface area contributed by atoms with E-state index >= 15 is 0 Å². The maximum absolute atomic E-state index is 11.6. The first-order valence-electron chi connectivity index (χ1n) is 10.8. The van der Waals surface area contributed by atoms with Gasteiger partial charge in [-0.05, 0) is 29.8 Å². The van der Waals surface area contributed by atoms with Gasteiger partial charge in [-0.3, -0.25) is 9.79 Å². The predicted molar refractivity (Wildman–Crippen MR) is 131 cm³/mol. The van der Waals surface area contributed by atoms with E-state index < -0.39 is 0 Å². The van der Waals surface area contributed by atoms with Crippen molar-refractivity contribution in [1.29, 1.82) is 0 Å². The minimum Gasteiger partial charge on any atom is -0.495 e. The Balaban J connectivity index is 0.00000125. The predicted octanol–water partition coefficient (Wildman–Crippen LogP) is 6.56. The molecule has 5 nitrogen and oxygen atoms in total. The van der Waals surface area contributed by atoms with Crippen LogP contribution >= 0.6 is 0 Å². The van der Waals surface area contributed by atoms with Crippen molar-refractivity contribution in [1.82, 2.24) is 0 Å². The van der Waals surface area contributed by atoms with Gasteiger partial charge >= 0.3 is 0 Å². The Labute approximate surface area is 183 Å². The fraction of sp³-hybridized carbons (Fsp3) is 0.440. The number of carbonyl (C=O) groups excluding carboxylic acids is 1. The van der Waals surface area contributed by atoms with Gasteiger partial charge in [-0.15, -0.1) is 0 Å². The standard InChI is InChI=1S/C19H23N3O2.C4H10.C2H6/c1-4-16(23)12-14-10-11-17(18(13-14)24-3)22-19(20-2)21-15-8-6-5-7-9-15;1-3-4-2;1-2/h5-11,13H,4,12H2,1-3H3,(H2,20,21,22);3-4H2,1-2H3;1-2H3. The largest absolute Gasteiger partial charge is 0.495 e. The summed E-state index contributed by atoms with van der Waals surface area (Å²) >= 11 is 0. The van der Waals surface area contributed by atoms with Gasteiger partial charge in [0.25, 0.3) is 0 Å². The van der Waals surface area contributed by atoms with E-state index in [2.05, 4.69) is 29.5 Å². The van der Waals surface area contributed by atoms with E-state index in [0.29, 0.717) is 24.6 Å². The van der Waals surface area contributed by atoms with Gasteiger partial charge in [0, 0.05) is 25.6 Å². The van der Waals surface area contributed by atoms with Crippen LogP contribution in [0.5, 0.6) is 5.75 Å². The monoisotopic (exact) mass is 413 g/mol. The highest BCUT2D eigenvalue weighted by molar-refractivity contribution is 6.04. The number of ketones is 1. The Morgan fingerprint density at radius 1 is 0.967 bits per heavy atom. The zero-order valence-electron chi connectivity index (χ0n) is 19.7. The maximum atomic E-state index is 11.6. The van der Waals surface area contributed by atoms with Crippen molar-refractivity contribution in [3.05, 3.63) is 54.1 Å². The summed E-state index contributed by atoms with van der Waals surface area (Å²) in [6, 6.07) is 15.5. The number of nitrogens with one attached hydrogen (secondary N) is 2. The highest BCUT2D eigenvalue weighted by Gasteiger charge is 2.09. The summed E-state index contributed by atoms with van der Waals surface area (Å²) in [7, 11) is 3.32. The number of anilines is 2. The van der Waals surface area contributed by atoms with Crippen LogP contribution in [0.4, 0.5) is 11.4 Å². The minimum atomic E-state index is 0.208. The summed E-state index contributed by atoms with van der Waals surface area (Å²) in [4.78, 5) is 15.8. The number of ether oxygens (including phenoxy) is 1. The Morgan fingerprint density at radius 2 is 1.60 bits per heavy atom. The number of hydrogen-bond acceptors (Lipinski definition) is 3. The summed E-state index contributed by atoms with van der Waals surface area (Å²) < 4.78 is 5.44. The molecule has 0 radical (unpaired) electrons. The van der Waals surface area contributed by atoms with Crippen molar-refractivity contribution >= 4 is 23.1 Å². The molecule has 30 heavy (non-hydrogen) atoms. The Morgan fingerprint density at radius 3 is 2.10 bits per heavy atom. The molecule has 0 aromatic heterocycles. The molecular formula is C25H39N3O2. The van der Waals surface area contributed by atoms with E-state index in [1.54, 1.807) is 14.2 Å². The minimum absolute atomic E-state index is 0.208. The molecule has 2 aromatic carbocycles. The molecule has 0 amide bonds. The lowest BCUT2D eigenvalue weighted by molar-refractivity contribution is -0.118. The van der Waals surface area contributed by atoms with Crippen molar-refractivity contribution in [2.45, 2.75) is 60.3 Å². The molecular weight excluding hydrogens is 374 g/mol. The molecule has 0 unspecified atom stereocenters. The summed E-state index contributed by atoms with van der Waals surface area (Å²) in [5.41, 5.74) is 2.67. The van der Waals surface area contributed by atoms with Crippen LogP contribution in [0.3, 0.4) is 0 Å². The molecule has 0 atom stereocenters. The summed E-state index contributed by atoms with van der Waals surface area (Å²) in [5, 5.41) is 6.43. The number of Topliss-reactive ketones (excluding diaryl/α,β-unsaturated/α-hetero) is 1. The zero-order chi connectivity index (χ0) is 22.8. The molecule has 0 spiro atoms. The lowest BCUT2D eigenvalue weighted by Crippen LogP contribution is -2.22. The fourth-order valence-corrected chi connectivity index (χ4v) is 2.23. The Bertz CT molecular complexity index is 741. The van der Waals surface area contributed by atoms with E-state index in [1.807, 2.05) is 69.3 Å². The molecule has 5 heteroatoms. The third-order valence-corrected chi connectivity index (χ3v) is 4.07. The highest BCUT2D eigenvalue weighted by atomic mass is 16.5. The number of aliphatic imine (C=N–C) groups is 1. The Kier molecular flexibility index (Phi) is 15.5. The van der Waals surface area contributed by atoms with E-state index in [1.165, 1.54) is 12.8 Å². The number of unbranched alkanes of at least 4 members (excludes halogenated alkanes) is 1. The van der Waals surface area contributed by atoms with Crippen LogP contribution in [0.2, 0.25) is 0 Å². The molecule has 0 aliphatic heterocycles. The molecule has 0 fully saturated rings. The van der Waals surface area contributed by atoms with Gasteiger partial charge in [-0.25, -0.2) is 0 Å². The van der Waals surface area contributed by atoms with Crippen LogP contribution in [-0.4, -0.2) is 25.9 Å². The quantitative estimate of drug-likeness (QED) is 0.398. The molecule has 0 saturated heterocycles. The van der Waals surface area contributed by atoms with Crippen LogP contribution < -0.4 is 15.4 Å². The number of hydrogen-bond donors (Lipinski definition) is 2. The second kappa shape index (κ2) is 17.1. The highest BCUT2D eigenvalue weighted by Crippen LogP contribution is 2.26. The number of benzene rings is 2. The molecule has 166 valence electrons. The molecule has 2 N–H and O–H groups in total. The molecule has 0 aliphatic rings. The first-order chi connectivity index (χ1) is 14.6. The van der Waals surface area contributed by atoms with Gasteiger partial charge in [-0.2, -0.15) is 0 Å². The number of guanidine groups is 1. The smallest absolute Gasteiger partial charge is 0.200 e. The molecule has 0 saturated carbocycles. The second-order valence-corrected chi connectivity index (χ2v) is 6.29. The lowest BCUT2D eigenvalue weighted by atomic mass is 10.1. The number of nitrogens with zero attached hydrogens (tertiary/aromatic N) is 1. The number of para-hydroxylation sites is 1. The number of methoxy groups -OCH3 is 1. The lowest BCUT2D eigenvalue weighted by Gasteiger charge is -2.15.